The summed E-state index contributed by atoms with van der Waals surface area (Å²) in [4.78, 5) is 0. The molecule has 0 aliphatic heterocycles. The van der Waals surface area contributed by atoms with Crippen LogP contribution in [0.25, 0.3) is 0 Å². The molecule has 0 N–H and O–H groups in total. The molecule has 0 amide bonds. The molecule has 0 unspecified atom stereocenters. The van der Waals surface area contributed by atoms with E-state index in [2.05, 4.69) is 26.5 Å². The van der Waals surface area contributed by atoms with Gasteiger partial charge in [0.05, 0.1) is 6.61 Å². The number of ether oxygens (including phenoxy) is 1. The number of hydrogen-bond acceptors (Lipinski definition) is 2. The summed E-state index contributed by atoms with van der Waals surface area (Å²) in [7, 11) is 0. The Kier molecular flexibility index (Phi) is 6.70. The topological polar surface area (TPSA) is 9.23 Å². The standard InChI is InChI=1S/C16H25FOS/c1-4-9-16(12-19,10-5-2)11-18-14-8-6-7-13(3)15(14)17/h6-8,19H,4-5,9-12H2,1-3H3. The van der Waals surface area contributed by atoms with Crippen molar-refractivity contribution in [3.63, 3.8) is 0 Å². The Balaban J connectivity index is 2.77. The molecular formula is C16H25FOS. The van der Waals surface area contributed by atoms with Crippen molar-refractivity contribution in [2.45, 2.75) is 46.5 Å². The molecule has 1 aromatic carbocycles. The second kappa shape index (κ2) is 7.78. The fraction of sp³-hybridized carbons (Fsp3) is 0.625. The second-order valence-corrected chi connectivity index (χ2v) is 5.65. The van der Waals surface area contributed by atoms with E-state index in [4.69, 9.17) is 4.74 Å². The second-order valence-electron chi connectivity index (χ2n) is 5.33. The SMILES string of the molecule is CCCC(CS)(CCC)COc1cccc(C)c1F. The first-order valence-electron chi connectivity index (χ1n) is 7.07. The van der Waals surface area contributed by atoms with Crippen molar-refractivity contribution in [3.05, 3.63) is 29.6 Å². The molecule has 19 heavy (non-hydrogen) atoms. The summed E-state index contributed by atoms with van der Waals surface area (Å²) in [5.74, 6) is 0.893. The van der Waals surface area contributed by atoms with Gasteiger partial charge in [0.2, 0.25) is 0 Å². The van der Waals surface area contributed by atoms with Crippen LogP contribution >= 0.6 is 12.6 Å². The van der Waals surface area contributed by atoms with Gasteiger partial charge >= 0.3 is 0 Å². The predicted molar refractivity (Wildman–Crippen MR) is 82.7 cm³/mol. The maximum atomic E-state index is 13.9. The molecule has 108 valence electrons. The van der Waals surface area contributed by atoms with Crippen LogP contribution in [0, 0.1) is 18.2 Å². The zero-order chi connectivity index (χ0) is 14.3. The van der Waals surface area contributed by atoms with Crippen LogP contribution in [-0.4, -0.2) is 12.4 Å². The number of hydrogen-bond donors (Lipinski definition) is 1. The minimum Gasteiger partial charge on any atom is -0.490 e. The van der Waals surface area contributed by atoms with Crippen LogP contribution in [0.5, 0.6) is 5.75 Å². The van der Waals surface area contributed by atoms with Gasteiger partial charge in [-0.15, -0.1) is 0 Å². The highest BCUT2D eigenvalue weighted by molar-refractivity contribution is 7.80. The predicted octanol–water partition coefficient (Wildman–Crippen LogP) is 5.03. The highest BCUT2D eigenvalue weighted by atomic mass is 32.1. The fourth-order valence-electron chi connectivity index (χ4n) is 2.50. The van der Waals surface area contributed by atoms with Crippen molar-refractivity contribution in [1.29, 1.82) is 0 Å². The molecule has 0 aliphatic rings. The molecule has 0 aliphatic carbocycles. The molecule has 0 saturated heterocycles. The molecule has 0 heterocycles. The highest BCUT2D eigenvalue weighted by Gasteiger charge is 2.28. The number of halogens is 1. The molecule has 0 spiro atoms. The lowest BCUT2D eigenvalue weighted by molar-refractivity contribution is 0.139. The van der Waals surface area contributed by atoms with E-state index in [9.17, 15) is 4.39 Å². The average molecular weight is 284 g/mol. The van der Waals surface area contributed by atoms with E-state index in [1.807, 2.05) is 6.07 Å². The van der Waals surface area contributed by atoms with Gasteiger partial charge in [0.15, 0.2) is 11.6 Å². The van der Waals surface area contributed by atoms with Crippen molar-refractivity contribution < 1.29 is 9.13 Å². The Morgan fingerprint density at radius 1 is 1.21 bits per heavy atom. The molecule has 3 heteroatoms. The lowest BCUT2D eigenvalue weighted by Crippen LogP contribution is -2.30. The first-order chi connectivity index (χ1) is 9.08. The van der Waals surface area contributed by atoms with E-state index < -0.39 is 0 Å². The molecule has 0 atom stereocenters. The molecule has 1 rings (SSSR count). The molecule has 1 aromatic rings. The van der Waals surface area contributed by atoms with E-state index in [1.54, 1.807) is 19.1 Å². The lowest BCUT2D eigenvalue weighted by atomic mass is 9.82. The Bertz CT molecular complexity index is 386. The molecule has 1 nitrogen and oxygen atoms in total. The van der Waals surface area contributed by atoms with E-state index in [-0.39, 0.29) is 11.2 Å². The Morgan fingerprint density at radius 3 is 2.37 bits per heavy atom. The van der Waals surface area contributed by atoms with Gasteiger partial charge in [-0.2, -0.15) is 12.6 Å². The van der Waals surface area contributed by atoms with Crippen LogP contribution in [0.15, 0.2) is 18.2 Å². The van der Waals surface area contributed by atoms with Gasteiger partial charge in [-0.05, 0) is 37.1 Å². The van der Waals surface area contributed by atoms with Gasteiger partial charge in [0.25, 0.3) is 0 Å². The van der Waals surface area contributed by atoms with Gasteiger partial charge in [0.1, 0.15) is 0 Å². The van der Waals surface area contributed by atoms with Crippen LogP contribution < -0.4 is 4.74 Å². The third-order valence-corrected chi connectivity index (χ3v) is 4.26. The minimum absolute atomic E-state index is 0.0583. The molecular weight excluding hydrogens is 259 g/mol. The minimum atomic E-state index is -0.247. The van der Waals surface area contributed by atoms with Crippen LogP contribution in [0.4, 0.5) is 4.39 Å². The van der Waals surface area contributed by atoms with E-state index >= 15 is 0 Å². The van der Waals surface area contributed by atoms with Crippen molar-refractivity contribution in [2.24, 2.45) is 5.41 Å². The Morgan fingerprint density at radius 2 is 1.84 bits per heavy atom. The van der Waals surface area contributed by atoms with Crippen molar-refractivity contribution >= 4 is 12.6 Å². The first-order valence-corrected chi connectivity index (χ1v) is 7.70. The van der Waals surface area contributed by atoms with E-state index in [0.717, 1.165) is 31.4 Å². The Hall–Kier alpha value is -0.700. The summed E-state index contributed by atoms with van der Waals surface area (Å²) >= 11 is 4.49. The lowest BCUT2D eigenvalue weighted by Gasteiger charge is -2.31. The molecule has 0 saturated carbocycles. The van der Waals surface area contributed by atoms with Gasteiger partial charge in [-0.25, -0.2) is 4.39 Å². The summed E-state index contributed by atoms with van der Waals surface area (Å²) < 4.78 is 19.7. The quantitative estimate of drug-likeness (QED) is 0.659. The third-order valence-electron chi connectivity index (χ3n) is 3.59. The number of rotatable bonds is 8. The van der Waals surface area contributed by atoms with Crippen LogP contribution in [0.2, 0.25) is 0 Å². The normalized spacial score (nSPS) is 11.6. The summed E-state index contributed by atoms with van der Waals surface area (Å²) in [6.07, 6.45) is 4.33. The monoisotopic (exact) mass is 284 g/mol. The zero-order valence-corrected chi connectivity index (χ0v) is 13.1. The zero-order valence-electron chi connectivity index (χ0n) is 12.2. The molecule has 0 aromatic heterocycles. The van der Waals surface area contributed by atoms with Gasteiger partial charge < -0.3 is 4.74 Å². The molecule has 0 fully saturated rings. The van der Waals surface area contributed by atoms with Gasteiger partial charge in [-0.1, -0.05) is 38.8 Å². The maximum absolute atomic E-state index is 13.9. The van der Waals surface area contributed by atoms with Gasteiger partial charge in [-0.3, -0.25) is 0 Å². The van der Waals surface area contributed by atoms with E-state index in [0.29, 0.717) is 17.9 Å². The first kappa shape index (κ1) is 16.4. The third kappa shape index (κ3) is 4.41. The van der Waals surface area contributed by atoms with Crippen molar-refractivity contribution in [2.75, 3.05) is 12.4 Å². The summed E-state index contributed by atoms with van der Waals surface area (Å²) in [5, 5.41) is 0. The highest BCUT2D eigenvalue weighted by Crippen LogP contribution is 2.33. The van der Waals surface area contributed by atoms with Crippen molar-refractivity contribution in [1.82, 2.24) is 0 Å². The number of aryl methyl sites for hydroxylation is 1. The fourth-order valence-corrected chi connectivity index (χ4v) is 2.90. The van der Waals surface area contributed by atoms with Crippen LogP contribution in [-0.2, 0) is 0 Å². The number of thiol groups is 1. The summed E-state index contributed by atoms with van der Waals surface area (Å²) in [6.45, 7) is 6.63. The molecule has 0 bridgehead atoms. The van der Waals surface area contributed by atoms with E-state index in [1.165, 1.54) is 0 Å². The summed E-state index contributed by atoms with van der Waals surface area (Å²) in [6, 6.07) is 5.28. The average Bonchev–Trinajstić information content (AvgIpc) is 2.40. The number of benzene rings is 1. The smallest absolute Gasteiger partial charge is 0.167 e. The molecule has 0 radical (unpaired) electrons. The van der Waals surface area contributed by atoms with Crippen LogP contribution in [0.1, 0.15) is 45.1 Å². The van der Waals surface area contributed by atoms with Gasteiger partial charge in [0, 0.05) is 5.41 Å². The Labute approximate surface area is 122 Å². The van der Waals surface area contributed by atoms with Crippen molar-refractivity contribution in [3.8, 4) is 5.75 Å². The maximum Gasteiger partial charge on any atom is 0.167 e. The summed E-state index contributed by atoms with van der Waals surface area (Å²) in [5.41, 5.74) is 0.683. The van der Waals surface area contributed by atoms with Crippen LogP contribution in [0.3, 0.4) is 0 Å². The largest absolute Gasteiger partial charge is 0.490 e.